The quantitative estimate of drug-likeness (QED) is 0.284. The summed E-state index contributed by atoms with van der Waals surface area (Å²) in [5.41, 5.74) is 2.86. The van der Waals surface area contributed by atoms with Crippen LogP contribution >= 0.6 is 15.9 Å². The van der Waals surface area contributed by atoms with Crippen LogP contribution in [-0.4, -0.2) is 15.6 Å². The van der Waals surface area contributed by atoms with Crippen molar-refractivity contribution in [2.75, 3.05) is 0 Å². The van der Waals surface area contributed by atoms with Crippen molar-refractivity contribution in [2.45, 2.75) is 13.5 Å². The van der Waals surface area contributed by atoms with Crippen molar-refractivity contribution in [1.29, 1.82) is 0 Å². The van der Waals surface area contributed by atoms with E-state index in [0.717, 1.165) is 22.3 Å². The number of nitrogens with zero attached hydrogens (tertiary/aromatic N) is 1. The Morgan fingerprint density at radius 3 is 2.55 bits per heavy atom. The predicted octanol–water partition coefficient (Wildman–Crippen LogP) is 6.91. The van der Waals surface area contributed by atoms with Crippen LogP contribution in [0.2, 0.25) is 0 Å². The fourth-order valence-electron chi connectivity index (χ4n) is 3.53. The molecule has 8 heteroatoms. The monoisotopic (exact) mass is 515 g/mol. The molecule has 0 bridgehead atoms. The van der Waals surface area contributed by atoms with Gasteiger partial charge in [0.15, 0.2) is 17.5 Å². The van der Waals surface area contributed by atoms with Crippen LogP contribution in [0.25, 0.3) is 16.9 Å². The second-order valence-corrected chi connectivity index (χ2v) is 8.23. The first-order valence-corrected chi connectivity index (χ1v) is 10.6. The highest BCUT2D eigenvalue weighted by Gasteiger charge is 2.18. The fraction of sp³-hybridized carbons (Fsp3) is 0.0800. The number of hydrogen-bond donors (Lipinski definition) is 1. The minimum Gasteiger partial charge on any atom is -0.488 e. The molecule has 0 spiro atoms. The van der Waals surface area contributed by atoms with E-state index in [1.165, 1.54) is 6.07 Å². The number of aromatic nitrogens is 1. The molecule has 4 rings (SSSR count). The van der Waals surface area contributed by atoms with Crippen molar-refractivity contribution >= 4 is 21.9 Å². The van der Waals surface area contributed by atoms with Gasteiger partial charge in [-0.2, -0.15) is 0 Å². The Morgan fingerprint density at radius 2 is 1.79 bits per heavy atom. The second-order valence-electron chi connectivity index (χ2n) is 7.31. The highest BCUT2D eigenvalue weighted by molar-refractivity contribution is 9.10. The molecule has 0 fully saturated rings. The van der Waals surface area contributed by atoms with Gasteiger partial charge in [-0.15, -0.1) is 0 Å². The van der Waals surface area contributed by atoms with E-state index in [2.05, 4.69) is 15.9 Å². The molecule has 3 aromatic carbocycles. The normalized spacial score (nSPS) is 10.9. The van der Waals surface area contributed by atoms with E-state index in [4.69, 9.17) is 4.74 Å². The minimum absolute atomic E-state index is 0.122. The van der Waals surface area contributed by atoms with Crippen LogP contribution in [0.3, 0.4) is 0 Å². The van der Waals surface area contributed by atoms with Gasteiger partial charge in [-0.3, -0.25) is 0 Å². The van der Waals surface area contributed by atoms with E-state index in [-0.39, 0.29) is 17.7 Å². The average molecular weight is 516 g/mol. The third-order valence-electron chi connectivity index (χ3n) is 5.14. The SMILES string of the molecule is Cc1ccc(-c2cc(Br)ccc2OCc2ccc(F)c(F)c2F)n1-c1cccc(C(=O)O)c1. The van der Waals surface area contributed by atoms with E-state index < -0.39 is 23.4 Å². The maximum Gasteiger partial charge on any atom is 0.335 e. The summed E-state index contributed by atoms with van der Waals surface area (Å²) in [4.78, 5) is 11.4. The van der Waals surface area contributed by atoms with Gasteiger partial charge in [0.2, 0.25) is 0 Å². The molecule has 0 aliphatic heterocycles. The van der Waals surface area contributed by atoms with Gasteiger partial charge >= 0.3 is 5.97 Å². The van der Waals surface area contributed by atoms with Crippen LogP contribution < -0.4 is 4.74 Å². The van der Waals surface area contributed by atoms with Gasteiger partial charge < -0.3 is 14.4 Å². The van der Waals surface area contributed by atoms with Crippen LogP contribution in [0.1, 0.15) is 21.6 Å². The summed E-state index contributed by atoms with van der Waals surface area (Å²) in [6.07, 6.45) is 0. The molecule has 1 aromatic heterocycles. The molecule has 0 saturated carbocycles. The number of ether oxygens (including phenoxy) is 1. The smallest absolute Gasteiger partial charge is 0.335 e. The number of carbonyl (C=O) groups is 1. The first-order valence-electron chi connectivity index (χ1n) is 9.83. The van der Waals surface area contributed by atoms with Crippen LogP contribution in [0, 0.1) is 24.4 Å². The van der Waals surface area contributed by atoms with Gasteiger partial charge in [0.25, 0.3) is 0 Å². The third-order valence-corrected chi connectivity index (χ3v) is 5.64. The molecule has 0 radical (unpaired) electrons. The first-order chi connectivity index (χ1) is 15.8. The lowest BCUT2D eigenvalue weighted by atomic mass is 10.1. The standard InChI is InChI=1S/C25H17BrF3NO3/c1-14-5-9-21(30(14)18-4-2-3-15(11-18)25(31)32)19-12-17(26)7-10-22(19)33-13-16-6-8-20(27)24(29)23(16)28/h2-12H,13H2,1H3,(H,31,32). The van der Waals surface area contributed by atoms with E-state index >= 15 is 0 Å². The summed E-state index contributed by atoms with van der Waals surface area (Å²) in [6.45, 7) is 1.57. The van der Waals surface area contributed by atoms with Crippen molar-refractivity contribution in [3.8, 4) is 22.7 Å². The van der Waals surface area contributed by atoms with Gasteiger partial charge in [-0.05, 0) is 67.6 Å². The summed E-state index contributed by atoms with van der Waals surface area (Å²) in [6, 6.07) is 17.5. The zero-order chi connectivity index (χ0) is 23.7. The summed E-state index contributed by atoms with van der Waals surface area (Å²) < 4.78 is 49.4. The minimum atomic E-state index is -1.55. The van der Waals surface area contributed by atoms with Crippen molar-refractivity contribution in [1.82, 2.24) is 4.57 Å². The lowest BCUT2D eigenvalue weighted by molar-refractivity contribution is 0.0697. The largest absolute Gasteiger partial charge is 0.488 e. The topological polar surface area (TPSA) is 51.5 Å². The molecule has 33 heavy (non-hydrogen) atoms. The highest BCUT2D eigenvalue weighted by atomic mass is 79.9. The number of rotatable bonds is 6. The zero-order valence-corrected chi connectivity index (χ0v) is 18.9. The molecule has 0 unspecified atom stereocenters. The molecule has 4 aromatic rings. The number of hydrogen-bond acceptors (Lipinski definition) is 2. The molecule has 0 atom stereocenters. The van der Waals surface area contributed by atoms with Gasteiger partial charge in [-0.25, -0.2) is 18.0 Å². The van der Waals surface area contributed by atoms with Gasteiger partial charge in [0.05, 0.1) is 11.3 Å². The Morgan fingerprint density at radius 1 is 1.00 bits per heavy atom. The first kappa shape index (κ1) is 22.7. The van der Waals surface area contributed by atoms with E-state index in [1.54, 1.807) is 30.3 Å². The van der Waals surface area contributed by atoms with Gasteiger partial charge in [0.1, 0.15) is 12.4 Å². The lowest BCUT2D eigenvalue weighted by Gasteiger charge is -2.17. The number of benzene rings is 3. The number of carboxylic acids is 1. The summed E-state index contributed by atoms with van der Waals surface area (Å²) in [5, 5.41) is 9.36. The molecule has 0 aliphatic rings. The molecule has 0 aliphatic carbocycles. The fourth-order valence-corrected chi connectivity index (χ4v) is 3.89. The molecule has 1 heterocycles. The molecular formula is C25H17BrF3NO3. The second kappa shape index (κ2) is 9.15. The van der Waals surface area contributed by atoms with Crippen molar-refractivity contribution < 1.29 is 27.8 Å². The molecule has 168 valence electrons. The van der Waals surface area contributed by atoms with Crippen LogP contribution in [-0.2, 0) is 6.61 Å². The molecular weight excluding hydrogens is 499 g/mol. The average Bonchev–Trinajstić information content (AvgIpc) is 3.19. The number of carboxylic acid groups (broad SMARTS) is 1. The Balaban J connectivity index is 1.76. The summed E-state index contributed by atoms with van der Waals surface area (Å²) in [7, 11) is 0. The Hall–Kier alpha value is -3.52. The Labute approximate surface area is 196 Å². The van der Waals surface area contributed by atoms with E-state index in [1.807, 2.05) is 29.7 Å². The molecule has 1 N–H and O–H groups in total. The number of halogens is 4. The van der Waals surface area contributed by atoms with Crippen molar-refractivity contribution in [2.24, 2.45) is 0 Å². The number of aryl methyl sites for hydroxylation is 1. The van der Waals surface area contributed by atoms with E-state index in [9.17, 15) is 23.1 Å². The zero-order valence-electron chi connectivity index (χ0n) is 17.3. The van der Waals surface area contributed by atoms with Crippen molar-refractivity contribution in [3.05, 3.63) is 105 Å². The van der Waals surface area contributed by atoms with E-state index in [0.29, 0.717) is 22.7 Å². The third kappa shape index (κ3) is 4.52. The maximum atomic E-state index is 14.1. The summed E-state index contributed by atoms with van der Waals surface area (Å²) in [5.74, 6) is -4.76. The van der Waals surface area contributed by atoms with Gasteiger partial charge in [-0.1, -0.05) is 22.0 Å². The predicted molar refractivity (Wildman–Crippen MR) is 121 cm³/mol. The number of aromatic carboxylic acids is 1. The van der Waals surface area contributed by atoms with Crippen LogP contribution in [0.5, 0.6) is 5.75 Å². The Bertz CT molecular complexity index is 1370. The Kier molecular flexibility index (Phi) is 6.29. The summed E-state index contributed by atoms with van der Waals surface area (Å²) >= 11 is 3.44. The highest BCUT2D eigenvalue weighted by Crippen LogP contribution is 2.36. The molecule has 0 saturated heterocycles. The maximum absolute atomic E-state index is 14.1. The van der Waals surface area contributed by atoms with Gasteiger partial charge in [0, 0.05) is 27.0 Å². The lowest BCUT2D eigenvalue weighted by Crippen LogP contribution is -2.05. The van der Waals surface area contributed by atoms with Crippen LogP contribution in [0.4, 0.5) is 13.2 Å². The molecule has 0 amide bonds. The van der Waals surface area contributed by atoms with Crippen LogP contribution in [0.15, 0.2) is 71.2 Å². The van der Waals surface area contributed by atoms with Crippen molar-refractivity contribution in [3.63, 3.8) is 0 Å². The molecule has 4 nitrogen and oxygen atoms in total.